The number of aliphatic hydroxyl groups excluding tert-OH is 2. The number of nitrogens with one attached hydrogen (secondary N) is 1. The third-order valence-corrected chi connectivity index (χ3v) is 6.69. The molecule has 8 heteroatoms. The fourth-order valence-corrected chi connectivity index (χ4v) is 4.84. The molecule has 2 atom stereocenters. The van der Waals surface area contributed by atoms with Gasteiger partial charge in [0.05, 0.1) is 23.5 Å². The van der Waals surface area contributed by atoms with E-state index in [1.807, 2.05) is 56.5 Å². The van der Waals surface area contributed by atoms with Gasteiger partial charge in [-0.2, -0.15) is 0 Å². The number of amides is 1. The van der Waals surface area contributed by atoms with Crippen LogP contribution in [0.4, 0.5) is 10.1 Å². The number of rotatable bonds is 12. The van der Waals surface area contributed by atoms with E-state index >= 15 is 0 Å². The zero-order valence-corrected chi connectivity index (χ0v) is 22.8. The summed E-state index contributed by atoms with van der Waals surface area (Å²) in [5.74, 6) is -2.15. The smallest absolute Gasteiger partial charge is 0.258 e. The molecule has 0 aliphatic rings. The van der Waals surface area contributed by atoms with Gasteiger partial charge in [0.1, 0.15) is 5.82 Å². The number of aromatic nitrogens is 1. The van der Waals surface area contributed by atoms with Crippen molar-refractivity contribution in [1.82, 2.24) is 4.57 Å². The summed E-state index contributed by atoms with van der Waals surface area (Å²) in [5.41, 5.74) is 4.90. The standard InChI is InChI=1S/C31H37FN2O5/c1-5-20(4)27-28(31(39)33-23-9-7-6-8-10-23)29(19(2)3)34(30(27)21-11-13-22(32)14-12-21)16-15-24(35)17-25(36)18-26(37)38/h5-14,19,24-25,35-36H,15-18H2,1-4H3,(H,33,39)(H,37,38)/p-1/b20-5+/t24-,25-/m1/s1. The molecule has 1 heterocycles. The quantitative estimate of drug-likeness (QED) is 0.310. The topological polar surface area (TPSA) is 115 Å². The van der Waals surface area contributed by atoms with Crippen molar-refractivity contribution in [2.24, 2.45) is 0 Å². The van der Waals surface area contributed by atoms with E-state index in [0.29, 0.717) is 22.4 Å². The number of carboxylic acids is 1. The summed E-state index contributed by atoms with van der Waals surface area (Å²) in [7, 11) is 0. The number of carbonyl (C=O) groups is 2. The lowest BCUT2D eigenvalue weighted by Crippen LogP contribution is -2.29. The van der Waals surface area contributed by atoms with E-state index in [1.165, 1.54) is 12.1 Å². The van der Waals surface area contributed by atoms with Gasteiger partial charge in [0.2, 0.25) is 0 Å². The van der Waals surface area contributed by atoms with Crippen LogP contribution in [0.25, 0.3) is 16.8 Å². The van der Waals surface area contributed by atoms with Crippen LogP contribution < -0.4 is 10.4 Å². The molecule has 1 aromatic heterocycles. The predicted molar refractivity (Wildman–Crippen MR) is 149 cm³/mol. The summed E-state index contributed by atoms with van der Waals surface area (Å²) in [4.78, 5) is 24.7. The van der Waals surface area contributed by atoms with Crippen molar-refractivity contribution in [3.63, 3.8) is 0 Å². The van der Waals surface area contributed by atoms with Gasteiger partial charge in [-0.25, -0.2) is 4.39 Å². The lowest BCUT2D eigenvalue weighted by molar-refractivity contribution is -0.307. The highest BCUT2D eigenvalue weighted by Gasteiger charge is 2.30. The summed E-state index contributed by atoms with van der Waals surface area (Å²) in [6, 6.07) is 15.2. The van der Waals surface area contributed by atoms with Gasteiger partial charge in [0.25, 0.3) is 5.91 Å². The second kappa shape index (κ2) is 13.4. The molecule has 3 rings (SSSR count). The zero-order valence-electron chi connectivity index (χ0n) is 22.8. The average Bonchev–Trinajstić information content (AvgIpc) is 3.23. The lowest BCUT2D eigenvalue weighted by atomic mass is 9.95. The minimum Gasteiger partial charge on any atom is -0.550 e. The Hall–Kier alpha value is -3.75. The third-order valence-electron chi connectivity index (χ3n) is 6.69. The first kappa shape index (κ1) is 29.8. The number of benzene rings is 2. The van der Waals surface area contributed by atoms with Gasteiger partial charge in [-0.05, 0) is 80.1 Å². The molecule has 3 N–H and O–H groups in total. The van der Waals surface area contributed by atoms with Crippen LogP contribution in [-0.2, 0) is 11.3 Å². The molecule has 0 fully saturated rings. The number of hydrogen-bond donors (Lipinski definition) is 3. The number of halogens is 1. The summed E-state index contributed by atoms with van der Waals surface area (Å²) >= 11 is 0. The molecule has 7 nitrogen and oxygen atoms in total. The predicted octanol–water partition coefficient (Wildman–Crippen LogP) is 4.74. The Morgan fingerprint density at radius 1 is 1.03 bits per heavy atom. The Kier molecular flexibility index (Phi) is 10.2. The van der Waals surface area contributed by atoms with Crippen LogP contribution in [0.5, 0.6) is 0 Å². The zero-order chi connectivity index (χ0) is 28.7. The maximum atomic E-state index is 13.9. The molecule has 39 heavy (non-hydrogen) atoms. The fourth-order valence-electron chi connectivity index (χ4n) is 4.84. The summed E-state index contributed by atoms with van der Waals surface area (Å²) < 4.78 is 15.9. The SMILES string of the molecule is C/C=C(\C)c1c(C(=O)Nc2ccccc2)c(C(C)C)n(CC[C@@H](O)C[C@@H](O)CC(=O)[O-])c1-c1ccc(F)cc1. The Labute approximate surface area is 228 Å². The molecule has 1 amide bonds. The van der Waals surface area contributed by atoms with Crippen molar-refractivity contribution in [2.75, 3.05) is 5.32 Å². The number of nitrogens with zero attached hydrogens (tertiary/aromatic N) is 1. The van der Waals surface area contributed by atoms with Gasteiger partial charge >= 0.3 is 0 Å². The summed E-state index contributed by atoms with van der Waals surface area (Å²) in [6.45, 7) is 8.05. The maximum absolute atomic E-state index is 13.9. The highest BCUT2D eigenvalue weighted by atomic mass is 19.1. The minimum atomic E-state index is -1.39. The third kappa shape index (κ3) is 7.43. The molecule has 0 aliphatic carbocycles. The Balaban J connectivity index is 2.17. The second-order valence-corrected chi connectivity index (χ2v) is 10.00. The van der Waals surface area contributed by atoms with Gasteiger partial charge in [0, 0.05) is 35.9 Å². The first-order valence-electron chi connectivity index (χ1n) is 13.1. The molecule has 2 aromatic carbocycles. The fraction of sp³-hybridized carbons (Fsp3) is 0.355. The van der Waals surface area contributed by atoms with E-state index in [-0.39, 0.29) is 37.0 Å². The first-order valence-corrected chi connectivity index (χ1v) is 13.1. The van der Waals surface area contributed by atoms with E-state index in [2.05, 4.69) is 5.32 Å². The molecular weight excluding hydrogens is 499 g/mol. The largest absolute Gasteiger partial charge is 0.550 e. The van der Waals surface area contributed by atoms with Gasteiger partial charge in [-0.1, -0.05) is 38.1 Å². The van der Waals surface area contributed by atoms with E-state index in [0.717, 1.165) is 17.0 Å². The van der Waals surface area contributed by atoms with Crippen molar-refractivity contribution in [1.29, 1.82) is 0 Å². The molecule has 0 unspecified atom stereocenters. The number of para-hydroxylation sites is 1. The van der Waals surface area contributed by atoms with Crippen LogP contribution >= 0.6 is 0 Å². The average molecular weight is 536 g/mol. The van der Waals surface area contributed by atoms with Crippen LogP contribution in [0.2, 0.25) is 0 Å². The Morgan fingerprint density at radius 2 is 1.67 bits per heavy atom. The first-order chi connectivity index (χ1) is 18.5. The highest BCUT2D eigenvalue weighted by Crippen LogP contribution is 2.40. The van der Waals surface area contributed by atoms with Crippen molar-refractivity contribution in [3.8, 4) is 11.3 Å². The highest BCUT2D eigenvalue weighted by molar-refractivity contribution is 6.10. The van der Waals surface area contributed by atoms with Crippen LogP contribution in [0.15, 0.2) is 60.7 Å². The Bertz CT molecular complexity index is 1310. The molecule has 3 aromatic rings. The Morgan fingerprint density at radius 3 is 2.23 bits per heavy atom. The van der Waals surface area contributed by atoms with Crippen molar-refractivity contribution in [2.45, 2.75) is 71.6 Å². The van der Waals surface area contributed by atoms with Crippen LogP contribution in [0, 0.1) is 5.82 Å². The maximum Gasteiger partial charge on any atom is 0.258 e. The van der Waals surface area contributed by atoms with E-state index in [1.54, 1.807) is 24.3 Å². The van der Waals surface area contributed by atoms with Gasteiger partial charge in [-0.15, -0.1) is 0 Å². The van der Waals surface area contributed by atoms with E-state index in [9.17, 15) is 29.3 Å². The summed E-state index contributed by atoms with van der Waals surface area (Å²) in [5, 5.41) is 34.4. The van der Waals surface area contributed by atoms with Crippen molar-refractivity contribution < 1.29 is 29.3 Å². The van der Waals surface area contributed by atoms with E-state index in [4.69, 9.17) is 0 Å². The number of carbonyl (C=O) groups excluding carboxylic acids is 2. The van der Waals surface area contributed by atoms with Crippen molar-refractivity contribution >= 4 is 23.1 Å². The van der Waals surface area contributed by atoms with Crippen LogP contribution in [0.3, 0.4) is 0 Å². The second-order valence-electron chi connectivity index (χ2n) is 10.00. The molecule has 0 spiro atoms. The number of anilines is 1. The van der Waals surface area contributed by atoms with E-state index < -0.39 is 24.6 Å². The number of hydrogen-bond acceptors (Lipinski definition) is 5. The molecule has 0 aliphatic heterocycles. The lowest BCUT2D eigenvalue weighted by Gasteiger charge is -2.20. The number of aliphatic hydroxyl groups is 2. The molecule has 0 radical (unpaired) electrons. The normalized spacial score (nSPS) is 13.4. The molecular formula is C31H36FN2O5-. The van der Waals surface area contributed by atoms with Crippen molar-refractivity contribution in [3.05, 3.63) is 83.3 Å². The van der Waals surface area contributed by atoms with Gasteiger partial charge in [0.15, 0.2) is 0 Å². The molecule has 0 saturated carbocycles. The monoisotopic (exact) mass is 535 g/mol. The number of aliphatic carboxylic acids is 1. The molecule has 0 bridgehead atoms. The van der Waals surface area contributed by atoms with Crippen LogP contribution in [-0.4, -0.2) is 38.9 Å². The van der Waals surface area contributed by atoms with Crippen LogP contribution in [0.1, 0.15) is 74.5 Å². The number of carboxylic acid groups (broad SMARTS) is 1. The minimum absolute atomic E-state index is 0.0973. The molecule has 0 saturated heterocycles. The summed E-state index contributed by atoms with van der Waals surface area (Å²) in [6.07, 6.45) is -0.797. The van der Waals surface area contributed by atoms with Gasteiger partial charge in [-0.3, -0.25) is 4.79 Å². The number of allylic oxidation sites excluding steroid dienone is 2. The van der Waals surface area contributed by atoms with Gasteiger partial charge < -0.3 is 30.0 Å². The molecule has 208 valence electrons.